The molecular weight excluding hydrogens is 316 g/mol. The lowest BCUT2D eigenvalue weighted by Gasteiger charge is -2.16. The number of benzene rings is 1. The van der Waals surface area contributed by atoms with Crippen molar-refractivity contribution >= 4 is 28.5 Å². The van der Waals surface area contributed by atoms with Crippen molar-refractivity contribution in [3.63, 3.8) is 0 Å². The van der Waals surface area contributed by atoms with E-state index in [9.17, 15) is 9.59 Å². The number of rotatable bonds is 5. The molecule has 2 rings (SSSR count). The molecule has 0 aliphatic rings. The van der Waals surface area contributed by atoms with Gasteiger partial charge in [0.05, 0.1) is 7.05 Å². The molecule has 124 valence electrons. The molecule has 0 saturated heterocycles. The van der Waals surface area contributed by atoms with Gasteiger partial charge in [0.25, 0.3) is 5.91 Å². The van der Waals surface area contributed by atoms with E-state index in [-0.39, 0.29) is 11.9 Å². The summed E-state index contributed by atoms with van der Waals surface area (Å²) in [7, 11) is 1.91. The monoisotopic (exact) mass is 337 g/mol. The number of carbonyl (C=O) groups is 1. The number of nitrogens with one attached hydrogen (secondary N) is 2. The first-order chi connectivity index (χ1) is 10.8. The zero-order chi connectivity index (χ0) is 17.1. The molecule has 0 aliphatic heterocycles. The Morgan fingerprint density at radius 2 is 2.04 bits per heavy atom. The minimum Gasteiger partial charge on any atom is -0.423 e. The van der Waals surface area contributed by atoms with Crippen LogP contribution in [0, 0.1) is 6.92 Å². The van der Waals surface area contributed by atoms with Crippen molar-refractivity contribution in [1.82, 2.24) is 5.32 Å². The molecule has 2 N–H and O–H groups in total. The molecule has 1 aromatic carbocycles. The maximum Gasteiger partial charge on any atom is 0.336 e. The quantitative estimate of drug-likeness (QED) is 0.808. The van der Waals surface area contributed by atoms with E-state index in [1.54, 1.807) is 6.07 Å². The average molecular weight is 338 g/mol. The summed E-state index contributed by atoms with van der Waals surface area (Å²) in [4.78, 5) is 24.6. The minimum atomic E-state index is -0.395. The van der Waals surface area contributed by atoms with Crippen molar-refractivity contribution in [3.05, 3.63) is 44.8 Å². The third-order valence-electron chi connectivity index (χ3n) is 3.51. The summed E-state index contributed by atoms with van der Waals surface area (Å²) in [5.74, 6) is -0.0151. The van der Waals surface area contributed by atoms with Gasteiger partial charge in [-0.2, -0.15) is 0 Å². The van der Waals surface area contributed by atoms with E-state index < -0.39 is 5.63 Å². The van der Waals surface area contributed by atoms with Crippen molar-refractivity contribution in [2.45, 2.75) is 33.4 Å². The number of aryl methyl sites for hydroxylation is 1. The Bertz CT molecular complexity index is 783. The summed E-state index contributed by atoms with van der Waals surface area (Å²) in [5.41, 5.74) is 1.81. The van der Waals surface area contributed by atoms with Gasteiger partial charge in [0.2, 0.25) is 0 Å². The summed E-state index contributed by atoms with van der Waals surface area (Å²) >= 11 is 6.19. The molecule has 0 aliphatic carbocycles. The normalized spacial score (nSPS) is 12.6. The summed E-state index contributed by atoms with van der Waals surface area (Å²) in [6, 6.07) is 5.16. The van der Waals surface area contributed by atoms with Crippen LogP contribution in [0.3, 0.4) is 0 Å². The van der Waals surface area contributed by atoms with E-state index in [2.05, 4.69) is 5.32 Å². The highest BCUT2D eigenvalue weighted by molar-refractivity contribution is 6.32. The summed E-state index contributed by atoms with van der Waals surface area (Å²) < 4.78 is 5.25. The van der Waals surface area contributed by atoms with Crippen LogP contribution < -0.4 is 15.8 Å². The minimum absolute atomic E-state index is 0.0151. The topological polar surface area (TPSA) is 63.8 Å². The van der Waals surface area contributed by atoms with E-state index in [0.29, 0.717) is 23.7 Å². The van der Waals surface area contributed by atoms with Crippen molar-refractivity contribution < 1.29 is 14.1 Å². The number of quaternary nitrogens is 1. The van der Waals surface area contributed by atoms with Crippen LogP contribution in [-0.4, -0.2) is 25.5 Å². The highest BCUT2D eigenvalue weighted by Crippen LogP contribution is 2.24. The Labute approximate surface area is 140 Å². The van der Waals surface area contributed by atoms with Gasteiger partial charge in [-0.15, -0.1) is 0 Å². The fraction of sp³-hybridized carbons (Fsp3) is 0.412. The maximum absolute atomic E-state index is 11.9. The number of likely N-dealkylation sites (N-methyl/N-ethyl adjacent to an activating group) is 1. The average Bonchev–Trinajstić information content (AvgIpc) is 2.39. The number of hydrogen-bond acceptors (Lipinski definition) is 3. The van der Waals surface area contributed by atoms with Gasteiger partial charge < -0.3 is 14.6 Å². The fourth-order valence-electron chi connectivity index (χ4n) is 2.53. The van der Waals surface area contributed by atoms with Gasteiger partial charge in [-0.05, 0) is 38.5 Å². The van der Waals surface area contributed by atoms with Crippen molar-refractivity contribution in [3.8, 4) is 0 Å². The first kappa shape index (κ1) is 17.5. The van der Waals surface area contributed by atoms with Gasteiger partial charge in [0, 0.05) is 28.1 Å². The third kappa shape index (κ3) is 4.56. The van der Waals surface area contributed by atoms with Gasteiger partial charge in [-0.1, -0.05) is 11.6 Å². The lowest BCUT2D eigenvalue weighted by molar-refractivity contribution is -0.885. The highest BCUT2D eigenvalue weighted by Gasteiger charge is 2.15. The van der Waals surface area contributed by atoms with Crippen LogP contribution in [0.15, 0.2) is 27.4 Å². The highest BCUT2D eigenvalue weighted by atomic mass is 35.5. The molecule has 1 amide bonds. The molecule has 0 fully saturated rings. The fourth-order valence-corrected chi connectivity index (χ4v) is 2.69. The summed E-state index contributed by atoms with van der Waals surface area (Å²) in [6.45, 7) is 6.58. The predicted octanol–water partition coefficient (Wildman–Crippen LogP) is 1.29. The molecular formula is C17H22ClN2O3+. The Kier molecular flexibility index (Phi) is 5.44. The second-order valence-electron chi connectivity index (χ2n) is 6.22. The van der Waals surface area contributed by atoms with Crippen molar-refractivity contribution in [2.24, 2.45) is 0 Å². The SMILES string of the molecule is Cc1cc2oc(=O)cc(C[NH+](C)CC(=O)NC(C)C)c2cc1Cl. The molecule has 23 heavy (non-hydrogen) atoms. The second-order valence-corrected chi connectivity index (χ2v) is 6.63. The first-order valence-corrected chi connectivity index (χ1v) is 7.97. The van der Waals surface area contributed by atoms with Gasteiger partial charge in [-0.3, -0.25) is 4.79 Å². The number of halogens is 1. The third-order valence-corrected chi connectivity index (χ3v) is 3.92. The lowest BCUT2D eigenvalue weighted by atomic mass is 10.1. The molecule has 2 aromatic rings. The molecule has 0 saturated carbocycles. The number of amides is 1. The van der Waals surface area contributed by atoms with Crippen LogP contribution in [0.25, 0.3) is 11.0 Å². The number of fused-ring (bicyclic) bond motifs is 1. The first-order valence-electron chi connectivity index (χ1n) is 7.60. The van der Waals surface area contributed by atoms with Crippen molar-refractivity contribution in [1.29, 1.82) is 0 Å². The molecule has 5 nitrogen and oxygen atoms in total. The van der Waals surface area contributed by atoms with Gasteiger partial charge in [0.15, 0.2) is 6.54 Å². The smallest absolute Gasteiger partial charge is 0.336 e. The van der Waals surface area contributed by atoms with E-state index in [4.69, 9.17) is 16.0 Å². The van der Waals surface area contributed by atoms with Crippen molar-refractivity contribution in [2.75, 3.05) is 13.6 Å². The van der Waals surface area contributed by atoms with Crippen LogP contribution in [0.4, 0.5) is 0 Å². The molecule has 1 unspecified atom stereocenters. The standard InChI is InChI=1S/C17H21ClN2O3/c1-10(2)19-16(21)9-20(4)8-12-6-17(22)23-15-5-11(3)14(18)7-13(12)15/h5-7,10H,8-9H2,1-4H3,(H,19,21)/p+1. The van der Waals surface area contributed by atoms with Crippen LogP contribution in [0.1, 0.15) is 25.0 Å². The van der Waals surface area contributed by atoms with Crippen LogP contribution in [-0.2, 0) is 11.3 Å². The molecule has 0 bridgehead atoms. The molecule has 1 aromatic heterocycles. The Morgan fingerprint density at radius 3 is 2.70 bits per heavy atom. The van der Waals surface area contributed by atoms with Crippen LogP contribution in [0.5, 0.6) is 0 Å². The van der Waals surface area contributed by atoms with Crippen LogP contribution in [0.2, 0.25) is 5.02 Å². The Morgan fingerprint density at radius 1 is 1.35 bits per heavy atom. The molecule has 1 atom stereocenters. The van der Waals surface area contributed by atoms with Gasteiger partial charge in [0.1, 0.15) is 12.1 Å². The molecule has 6 heteroatoms. The zero-order valence-electron chi connectivity index (χ0n) is 13.8. The predicted molar refractivity (Wildman–Crippen MR) is 91.0 cm³/mol. The van der Waals surface area contributed by atoms with Gasteiger partial charge >= 0.3 is 5.63 Å². The Balaban J connectivity index is 2.27. The van der Waals surface area contributed by atoms with E-state index >= 15 is 0 Å². The molecule has 0 radical (unpaired) electrons. The maximum atomic E-state index is 11.9. The molecule has 1 heterocycles. The number of hydrogen-bond donors (Lipinski definition) is 2. The largest absolute Gasteiger partial charge is 0.423 e. The lowest BCUT2D eigenvalue weighted by Crippen LogP contribution is -3.09. The summed E-state index contributed by atoms with van der Waals surface area (Å²) in [5, 5.41) is 4.30. The van der Waals surface area contributed by atoms with Crippen LogP contribution >= 0.6 is 11.6 Å². The van der Waals surface area contributed by atoms with E-state index in [1.807, 2.05) is 33.9 Å². The second kappa shape index (κ2) is 7.15. The number of carbonyl (C=O) groups excluding carboxylic acids is 1. The van der Waals surface area contributed by atoms with E-state index in [0.717, 1.165) is 21.4 Å². The Hall–Kier alpha value is -1.85. The zero-order valence-corrected chi connectivity index (χ0v) is 14.6. The van der Waals surface area contributed by atoms with E-state index in [1.165, 1.54) is 6.07 Å². The molecule has 0 spiro atoms. The van der Waals surface area contributed by atoms with Gasteiger partial charge in [-0.25, -0.2) is 4.79 Å². The summed E-state index contributed by atoms with van der Waals surface area (Å²) in [6.07, 6.45) is 0.